The van der Waals surface area contributed by atoms with Gasteiger partial charge in [-0.3, -0.25) is 9.80 Å². The fraction of sp³-hybridized carbons (Fsp3) is 0.684. The highest BCUT2D eigenvalue weighted by Gasteiger charge is 2.39. The molecule has 2 atom stereocenters. The summed E-state index contributed by atoms with van der Waals surface area (Å²) in [4.78, 5) is 5.61. The van der Waals surface area contributed by atoms with Gasteiger partial charge in [-0.05, 0) is 69.4 Å². The molecule has 0 aliphatic carbocycles. The number of rotatable bonds is 3. The van der Waals surface area contributed by atoms with Crippen LogP contribution >= 0.6 is 11.6 Å². The number of nitrogens with one attached hydrogen (secondary N) is 1. The molecule has 0 spiro atoms. The molecule has 0 saturated carbocycles. The topological polar surface area (TPSA) is 18.5 Å². The Kier molecular flexibility index (Phi) is 4.91. The lowest BCUT2D eigenvalue weighted by Gasteiger charge is -2.48. The van der Waals surface area contributed by atoms with Crippen LogP contribution in [0, 0.1) is 0 Å². The van der Waals surface area contributed by atoms with Gasteiger partial charge in [0.2, 0.25) is 0 Å². The third-order valence-electron chi connectivity index (χ3n) is 6.00. The van der Waals surface area contributed by atoms with E-state index in [-0.39, 0.29) is 0 Å². The summed E-state index contributed by atoms with van der Waals surface area (Å²) in [6.45, 7) is 6.20. The Morgan fingerprint density at radius 2 is 1.78 bits per heavy atom. The second-order valence-corrected chi connectivity index (χ2v) is 7.89. The molecule has 1 aromatic rings. The van der Waals surface area contributed by atoms with E-state index in [0.29, 0.717) is 6.04 Å². The van der Waals surface area contributed by atoms with Crippen molar-refractivity contribution in [2.45, 2.75) is 50.2 Å². The van der Waals surface area contributed by atoms with Crippen LogP contribution in [0.15, 0.2) is 24.3 Å². The Balaban J connectivity index is 1.51. The number of fused-ring (bicyclic) bond motifs is 1. The van der Waals surface area contributed by atoms with Crippen LogP contribution in [0.1, 0.15) is 31.2 Å². The molecule has 1 N–H and O–H groups in total. The van der Waals surface area contributed by atoms with E-state index in [0.717, 1.165) is 23.5 Å². The van der Waals surface area contributed by atoms with Gasteiger partial charge in [0.1, 0.15) is 0 Å². The van der Waals surface area contributed by atoms with Crippen LogP contribution in [-0.4, -0.2) is 60.6 Å². The summed E-state index contributed by atoms with van der Waals surface area (Å²) in [5.74, 6) is 0. The largest absolute Gasteiger partial charge is 0.317 e. The van der Waals surface area contributed by atoms with Crippen molar-refractivity contribution in [3.05, 3.63) is 34.9 Å². The summed E-state index contributed by atoms with van der Waals surface area (Å²) in [6.07, 6.45) is 6.56. The molecule has 0 aromatic heterocycles. The maximum Gasteiger partial charge on any atom is 0.0406 e. The number of benzene rings is 1. The zero-order valence-electron chi connectivity index (χ0n) is 13.9. The monoisotopic (exact) mass is 333 g/mol. The summed E-state index contributed by atoms with van der Waals surface area (Å²) in [5, 5.41) is 4.36. The van der Waals surface area contributed by atoms with Gasteiger partial charge in [0.05, 0.1) is 0 Å². The molecule has 3 aliphatic heterocycles. The highest BCUT2D eigenvalue weighted by atomic mass is 35.5. The van der Waals surface area contributed by atoms with Gasteiger partial charge < -0.3 is 5.32 Å². The Labute approximate surface area is 145 Å². The summed E-state index contributed by atoms with van der Waals surface area (Å²) in [6, 6.07) is 10.7. The molecule has 3 saturated heterocycles. The fourth-order valence-corrected chi connectivity index (χ4v) is 4.90. The molecule has 4 rings (SSSR count). The Morgan fingerprint density at radius 3 is 2.57 bits per heavy atom. The molecular formula is C19H28ClN3. The highest BCUT2D eigenvalue weighted by Crippen LogP contribution is 2.29. The smallest absolute Gasteiger partial charge is 0.0406 e. The third-order valence-corrected chi connectivity index (χ3v) is 6.25. The van der Waals surface area contributed by atoms with Gasteiger partial charge in [-0.2, -0.15) is 0 Å². The predicted octanol–water partition coefficient (Wildman–Crippen LogP) is 2.78. The molecule has 3 fully saturated rings. The van der Waals surface area contributed by atoms with E-state index in [1.165, 1.54) is 64.0 Å². The average Bonchev–Trinajstić information content (AvgIpc) is 3.04. The maximum absolute atomic E-state index is 6.05. The number of piperazine rings is 1. The number of halogens is 1. The Hall–Kier alpha value is -0.610. The van der Waals surface area contributed by atoms with Crippen molar-refractivity contribution in [2.75, 3.05) is 32.7 Å². The summed E-state index contributed by atoms with van der Waals surface area (Å²) >= 11 is 6.05. The molecule has 0 radical (unpaired) electrons. The Morgan fingerprint density at radius 1 is 1.00 bits per heavy atom. The van der Waals surface area contributed by atoms with Gasteiger partial charge in [-0.15, -0.1) is 0 Å². The number of piperidine rings is 1. The number of hydrogen-bond acceptors (Lipinski definition) is 3. The van der Waals surface area contributed by atoms with E-state index >= 15 is 0 Å². The maximum atomic E-state index is 6.05. The zero-order chi connectivity index (χ0) is 15.6. The van der Waals surface area contributed by atoms with Gasteiger partial charge in [-0.25, -0.2) is 0 Å². The minimum absolute atomic E-state index is 0.661. The SMILES string of the molecule is Clc1ccc(CC2CN3CCC[C@H]3CN2C2CCNCC2)cc1. The van der Waals surface area contributed by atoms with Crippen LogP contribution < -0.4 is 5.32 Å². The number of hydrogen-bond donors (Lipinski definition) is 1. The molecule has 3 heterocycles. The zero-order valence-corrected chi connectivity index (χ0v) is 14.6. The lowest BCUT2D eigenvalue weighted by atomic mass is 9.94. The molecule has 3 nitrogen and oxygen atoms in total. The van der Waals surface area contributed by atoms with E-state index in [9.17, 15) is 0 Å². The van der Waals surface area contributed by atoms with E-state index in [4.69, 9.17) is 11.6 Å². The first kappa shape index (κ1) is 15.9. The molecule has 4 heteroatoms. The first-order valence-electron chi connectivity index (χ1n) is 9.24. The first-order chi connectivity index (χ1) is 11.3. The summed E-state index contributed by atoms with van der Waals surface area (Å²) in [7, 11) is 0. The van der Waals surface area contributed by atoms with E-state index in [1.54, 1.807) is 0 Å². The van der Waals surface area contributed by atoms with Crippen LogP contribution in [0.2, 0.25) is 5.02 Å². The Bertz CT molecular complexity index is 512. The van der Waals surface area contributed by atoms with Crippen molar-refractivity contribution in [3.63, 3.8) is 0 Å². The van der Waals surface area contributed by atoms with Gasteiger partial charge >= 0.3 is 0 Å². The summed E-state index contributed by atoms with van der Waals surface area (Å²) < 4.78 is 0. The van der Waals surface area contributed by atoms with Crippen molar-refractivity contribution in [1.29, 1.82) is 0 Å². The molecular weight excluding hydrogens is 306 g/mol. The van der Waals surface area contributed by atoms with Gasteiger partial charge in [0.15, 0.2) is 0 Å². The molecule has 0 bridgehead atoms. The van der Waals surface area contributed by atoms with E-state index < -0.39 is 0 Å². The van der Waals surface area contributed by atoms with Crippen molar-refractivity contribution < 1.29 is 0 Å². The van der Waals surface area contributed by atoms with Crippen LogP contribution in [0.3, 0.4) is 0 Å². The predicted molar refractivity (Wildman–Crippen MR) is 96.1 cm³/mol. The molecule has 23 heavy (non-hydrogen) atoms. The molecule has 0 amide bonds. The summed E-state index contributed by atoms with van der Waals surface area (Å²) in [5.41, 5.74) is 1.43. The lowest BCUT2D eigenvalue weighted by Crippen LogP contribution is -2.61. The van der Waals surface area contributed by atoms with Crippen molar-refractivity contribution in [1.82, 2.24) is 15.1 Å². The second-order valence-electron chi connectivity index (χ2n) is 7.45. The minimum Gasteiger partial charge on any atom is -0.317 e. The number of nitrogens with zero attached hydrogens (tertiary/aromatic N) is 2. The molecule has 1 aromatic carbocycles. The highest BCUT2D eigenvalue weighted by molar-refractivity contribution is 6.30. The fourth-order valence-electron chi connectivity index (χ4n) is 4.77. The van der Waals surface area contributed by atoms with Gasteiger partial charge in [0.25, 0.3) is 0 Å². The second kappa shape index (κ2) is 7.10. The normalized spacial score (nSPS) is 30.5. The molecule has 3 aliphatic rings. The van der Waals surface area contributed by atoms with E-state index in [2.05, 4.69) is 27.2 Å². The van der Waals surface area contributed by atoms with E-state index in [1.807, 2.05) is 12.1 Å². The van der Waals surface area contributed by atoms with Crippen LogP contribution in [-0.2, 0) is 6.42 Å². The minimum atomic E-state index is 0.661. The van der Waals surface area contributed by atoms with Crippen LogP contribution in [0.5, 0.6) is 0 Å². The first-order valence-corrected chi connectivity index (χ1v) is 9.62. The quantitative estimate of drug-likeness (QED) is 0.917. The van der Waals surface area contributed by atoms with Crippen LogP contribution in [0.4, 0.5) is 0 Å². The van der Waals surface area contributed by atoms with Crippen molar-refractivity contribution in [3.8, 4) is 0 Å². The lowest BCUT2D eigenvalue weighted by molar-refractivity contribution is 0.0109. The van der Waals surface area contributed by atoms with Gasteiger partial charge in [0, 0.05) is 36.2 Å². The van der Waals surface area contributed by atoms with Crippen LogP contribution in [0.25, 0.3) is 0 Å². The molecule has 1 unspecified atom stereocenters. The molecule has 126 valence electrons. The third kappa shape index (κ3) is 3.58. The average molecular weight is 334 g/mol. The van der Waals surface area contributed by atoms with Crippen molar-refractivity contribution >= 4 is 11.6 Å². The van der Waals surface area contributed by atoms with Gasteiger partial charge in [-0.1, -0.05) is 23.7 Å². The standard InChI is InChI=1S/C19H28ClN3/c20-16-5-3-15(4-6-16)12-19-13-22-11-1-2-18(22)14-23(19)17-7-9-21-10-8-17/h3-6,17-19,21H,1-2,7-14H2/t18-,19?/m0/s1. The van der Waals surface area contributed by atoms with Crippen molar-refractivity contribution in [2.24, 2.45) is 0 Å².